The van der Waals surface area contributed by atoms with Gasteiger partial charge in [0.05, 0.1) is 12.6 Å². The third kappa shape index (κ3) is 2.49. The summed E-state index contributed by atoms with van der Waals surface area (Å²) in [5.41, 5.74) is 0. The zero-order chi connectivity index (χ0) is 13.2. The van der Waals surface area contributed by atoms with Gasteiger partial charge in [-0.2, -0.15) is 0 Å². The molecule has 5 heteroatoms. The number of aromatic nitrogens is 2. The van der Waals surface area contributed by atoms with Crippen molar-refractivity contribution in [3.63, 3.8) is 0 Å². The Morgan fingerprint density at radius 2 is 2.32 bits per heavy atom. The molecule has 0 saturated carbocycles. The van der Waals surface area contributed by atoms with Gasteiger partial charge in [-0.15, -0.1) is 0 Å². The molecule has 0 bridgehead atoms. The molecule has 3 rings (SSSR count). The molecule has 19 heavy (non-hydrogen) atoms. The van der Waals surface area contributed by atoms with E-state index in [0.717, 1.165) is 5.95 Å². The Morgan fingerprint density at radius 3 is 3.16 bits per heavy atom. The van der Waals surface area contributed by atoms with E-state index < -0.39 is 0 Å². The topological polar surface area (TPSA) is 42.3 Å². The molecular formula is C14H24N4O. The number of ether oxygens (including phenoxy) is 1. The molecule has 0 amide bonds. The first-order valence-corrected chi connectivity index (χ1v) is 7.32. The Hall–Kier alpha value is -1.07. The van der Waals surface area contributed by atoms with Crippen LogP contribution in [-0.4, -0.2) is 53.3 Å². The number of hydrogen-bond acceptors (Lipinski definition) is 4. The maximum absolute atomic E-state index is 5.18. The maximum Gasteiger partial charge on any atom is 0.203 e. The van der Waals surface area contributed by atoms with Crippen LogP contribution in [0.15, 0.2) is 12.4 Å². The van der Waals surface area contributed by atoms with Crippen LogP contribution in [0.2, 0.25) is 0 Å². The fraction of sp³-hybridized carbons (Fsp3) is 0.786. The highest BCUT2D eigenvalue weighted by molar-refractivity contribution is 5.29. The van der Waals surface area contributed by atoms with Crippen LogP contribution in [0, 0.1) is 0 Å². The average Bonchev–Trinajstić information content (AvgIpc) is 3.04. The van der Waals surface area contributed by atoms with E-state index in [9.17, 15) is 0 Å². The molecule has 1 N–H and O–H groups in total. The molecular weight excluding hydrogens is 240 g/mol. The number of anilines is 1. The summed E-state index contributed by atoms with van der Waals surface area (Å²) < 4.78 is 7.51. The number of methoxy groups -OCH3 is 1. The number of rotatable bonds is 5. The molecule has 1 aromatic heterocycles. The molecule has 3 heterocycles. The lowest BCUT2D eigenvalue weighted by Gasteiger charge is -2.24. The maximum atomic E-state index is 5.18. The van der Waals surface area contributed by atoms with E-state index in [1.165, 1.54) is 32.4 Å². The van der Waals surface area contributed by atoms with Crippen LogP contribution < -0.4 is 5.32 Å². The van der Waals surface area contributed by atoms with Crippen molar-refractivity contribution in [2.24, 2.45) is 0 Å². The Balaban J connectivity index is 1.73. The van der Waals surface area contributed by atoms with Gasteiger partial charge >= 0.3 is 0 Å². The van der Waals surface area contributed by atoms with E-state index >= 15 is 0 Å². The van der Waals surface area contributed by atoms with E-state index in [1.54, 1.807) is 7.11 Å². The summed E-state index contributed by atoms with van der Waals surface area (Å²) in [5.74, 6) is 0.989. The molecule has 0 radical (unpaired) electrons. The third-order valence-electron chi connectivity index (χ3n) is 4.39. The van der Waals surface area contributed by atoms with E-state index in [2.05, 4.69) is 32.9 Å². The standard InChI is InChI=1S/C14H24N4O/c1-11(10-19-2)16-14-15-6-9-18(14)13-5-8-17-7-3-4-12(13)17/h6,9,11-13H,3-5,7-8,10H2,1-2H3,(H,15,16). The van der Waals surface area contributed by atoms with E-state index in [1.807, 2.05) is 6.20 Å². The minimum atomic E-state index is 0.284. The Morgan fingerprint density at radius 1 is 1.42 bits per heavy atom. The summed E-state index contributed by atoms with van der Waals surface area (Å²) in [6.45, 7) is 5.34. The van der Waals surface area contributed by atoms with Crippen molar-refractivity contribution in [1.29, 1.82) is 0 Å². The van der Waals surface area contributed by atoms with Crippen molar-refractivity contribution >= 4 is 5.95 Å². The van der Waals surface area contributed by atoms with E-state index in [-0.39, 0.29) is 6.04 Å². The molecule has 2 aliphatic rings. The van der Waals surface area contributed by atoms with Crippen molar-refractivity contribution in [1.82, 2.24) is 14.5 Å². The van der Waals surface area contributed by atoms with Gasteiger partial charge in [-0.25, -0.2) is 4.98 Å². The van der Waals surface area contributed by atoms with Crippen LogP contribution in [0.3, 0.4) is 0 Å². The normalized spacial score (nSPS) is 28.5. The van der Waals surface area contributed by atoms with E-state index in [0.29, 0.717) is 18.7 Å². The van der Waals surface area contributed by atoms with Gasteiger partial charge < -0.3 is 14.6 Å². The summed E-state index contributed by atoms with van der Waals surface area (Å²) >= 11 is 0. The van der Waals surface area contributed by atoms with Crippen LogP contribution >= 0.6 is 0 Å². The Bertz CT molecular complexity index is 419. The summed E-state index contributed by atoms with van der Waals surface area (Å²) in [5, 5.41) is 3.46. The fourth-order valence-electron chi connectivity index (χ4n) is 3.58. The zero-order valence-electron chi connectivity index (χ0n) is 11.9. The smallest absolute Gasteiger partial charge is 0.203 e. The Labute approximate surface area is 114 Å². The third-order valence-corrected chi connectivity index (χ3v) is 4.39. The highest BCUT2D eigenvalue weighted by Gasteiger charge is 2.38. The number of fused-ring (bicyclic) bond motifs is 1. The second kappa shape index (κ2) is 5.51. The molecule has 0 aliphatic carbocycles. The minimum absolute atomic E-state index is 0.284. The highest BCUT2D eigenvalue weighted by Crippen LogP contribution is 2.37. The monoisotopic (exact) mass is 264 g/mol. The molecule has 3 atom stereocenters. The lowest BCUT2D eigenvalue weighted by molar-refractivity contribution is 0.190. The largest absolute Gasteiger partial charge is 0.383 e. The van der Waals surface area contributed by atoms with Gasteiger partial charge in [0.15, 0.2) is 0 Å². The molecule has 5 nitrogen and oxygen atoms in total. The van der Waals surface area contributed by atoms with Crippen LogP contribution in [-0.2, 0) is 4.74 Å². The zero-order valence-corrected chi connectivity index (χ0v) is 11.9. The van der Waals surface area contributed by atoms with Crippen molar-refractivity contribution in [2.45, 2.75) is 44.3 Å². The summed E-state index contributed by atoms with van der Waals surface area (Å²) in [6.07, 6.45) is 7.94. The summed E-state index contributed by atoms with van der Waals surface area (Å²) in [6, 6.07) is 1.59. The molecule has 3 unspecified atom stereocenters. The van der Waals surface area contributed by atoms with Gasteiger partial charge in [0, 0.05) is 38.1 Å². The molecule has 106 valence electrons. The van der Waals surface area contributed by atoms with Crippen molar-refractivity contribution in [3.05, 3.63) is 12.4 Å². The minimum Gasteiger partial charge on any atom is -0.383 e. The number of nitrogens with zero attached hydrogens (tertiary/aromatic N) is 3. The van der Waals surface area contributed by atoms with Gasteiger partial charge in [-0.3, -0.25) is 4.90 Å². The molecule has 2 fully saturated rings. The molecule has 2 saturated heterocycles. The van der Waals surface area contributed by atoms with Gasteiger partial charge in [-0.1, -0.05) is 0 Å². The lowest BCUT2D eigenvalue weighted by atomic mass is 10.1. The number of imidazole rings is 1. The van der Waals surface area contributed by atoms with Gasteiger partial charge in [0.25, 0.3) is 0 Å². The van der Waals surface area contributed by atoms with Crippen molar-refractivity contribution < 1.29 is 4.74 Å². The quantitative estimate of drug-likeness (QED) is 0.879. The van der Waals surface area contributed by atoms with Crippen molar-refractivity contribution in [3.8, 4) is 0 Å². The van der Waals surface area contributed by atoms with Crippen LogP contribution in [0.4, 0.5) is 5.95 Å². The molecule has 2 aliphatic heterocycles. The fourth-order valence-corrected chi connectivity index (χ4v) is 3.58. The molecule has 0 spiro atoms. The van der Waals surface area contributed by atoms with Gasteiger partial charge in [-0.05, 0) is 32.7 Å². The SMILES string of the molecule is COCC(C)Nc1nccn1C1CCN2CCCC12. The van der Waals surface area contributed by atoms with E-state index in [4.69, 9.17) is 4.74 Å². The van der Waals surface area contributed by atoms with Crippen molar-refractivity contribution in [2.75, 3.05) is 32.1 Å². The second-order valence-electron chi connectivity index (χ2n) is 5.76. The first-order valence-electron chi connectivity index (χ1n) is 7.32. The Kier molecular flexibility index (Phi) is 3.75. The van der Waals surface area contributed by atoms with Crippen LogP contribution in [0.1, 0.15) is 32.2 Å². The summed E-state index contributed by atoms with van der Waals surface area (Å²) in [4.78, 5) is 7.11. The first-order chi connectivity index (χ1) is 9.29. The van der Waals surface area contributed by atoms with Gasteiger partial charge in [0.2, 0.25) is 5.95 Å². The molecule has 1 aromatic rings. The predicted molar refractivity (Wildman–Crippen MR) is 75.4 cm³/mol. The van der Waals surface area contributed by atoms with Crippen LogP contribution in [0.5, 0.6) is 0 Å². The van der Waals surface area contributed by atoms with Crippen LogP contribution in [0.25, 0.3) is 0 Å². The second-order valence-corrected chi connectivity index (χ2v) is 5.76. The summed E-state index contributed by atoms with van der Waals surface area (Å²) in [7, 11) is 1.73. The highest BCUT2D eigenvalue weighted by atomic mass is 16.5. The average molecular weight is 264 g/mol. The number of nitrogens with one attached hydrogen (secondary N) is 1. The lowest BCUT2D eigenvalue weighted by Crippen LogP contribution is -2.29. The molecule has 0 aromatic carbocycles. The predicted octanol–water partition coefficient (Wildman–Crippen LogP) is 1.74. The first kappa shape index (κ1) is 12.9. The number of hydrogen-bond donors (Lipinski definition) is 1. The van der Waals surface area contributed by atoms with Gasteiger partial charge in [0.1, 0.15) is 0 Å².